The van der Waals surface area contributed by atoms with Crippen LogP contribution in [-0.4, -0.2) is 67.0 Å². The molecule has 0 radical (unpaired) electrons. The van der Waals surface area contributed by atoms with Gasteiger partial charge in [0.05, 0.1) is 87.8 Å². The van der Waals surface area contributed by atoms with Crippen LogP contribution in [0.25, 0.3) is 167 Å². The standard InChI is InChI=1S/C50H32N6.C24H14Cl2N2.C19H21BN2O2/c1-3-13-35(14-4-1)49-53-41-19-7-9-21-45(41)55(49)43-29-27-37(47-39(43)17-11-31-51-47)33-23-25-34(26-24-33)38-28-30-44(40-18-12-32-52-48(38)40)56-46-22-10-8-20-42(46)54-50(56)36-15-5-2-6-16-36;25-21-11-9-17(23-19(21)3-1-13-27-23)15-5-7-16(8-6-15)18-10-12-22(26)20-4-2-14-28-24(18)20;1-18(2)19(3,4)24-20(23-18)22-16-13-9-8-12-15(16)21-17(22)14-10-6-5-7-11-14/h1-32H;1-14H;5-13H,1-4H3. The van der Waals surface area contributed by atoms with Gasteiger partial charge in [0, 0.05) is 85.3 Å². The minimum absolute atomic E-state index is 0.392. The van der Waals surface area contributed by atoms with E-state index in [-0.39, 0.29) is 0 Å². The molecule has 1 fully saturated rings. The van der Waals surface area contributed by atoms with E-state index in [4.69, 9.17) is 57.4 Å². The van der Waals surface area contributed by atoms with Crippen molar-refractivity contribution in [1.29, 1.82) is 0 Å². The van der Waals surface area contributed by atoms with E-state index in [1.807, 2.05) is 134 Å². The van der Waals surface area contributed by atoms with Gasteiger partial charge < -0.3 is 13.8 Å². The first kappa shape index (κ1) is 67.2. The van der Waals surface area contributed by atoms with Crippen molar-refractivity contribution < 1.29 is 9.31 Å². The summed E-state index contributed by atoms with van der Waals surface area (Å²) in [5, 5.41) is 5.45. The summed E-state index contributed by atoms with van der Waals surface area (Å²) in [6, 6.07) is 106. The Hall–Kier alpha value is -12.7. The summed E-state index contributed by atoms with van der Waals surface area (Å²) >= 11 is 12.7. The topological polar surface area (TPSA) is 123 Å². The van der Waals surface area contributed by atoms with Gasteiger partial charge in [-0.1, -0.05) is 223 Å². The average Bonchev–Trinajstić information content (AvgIpc) is 1.71. The fraction of sp³-hybridized carbons (Fsp3) is 0.0645. The minimum Gasteiger partial charge on any atom is -0.384 e. The number of pyridine rings is 4. The van der Waals surface area contributed by atoms with Crippen LogP contribution in [0, 0.1) is 0 Å². The molecule has 19 aromatic rings. The van der Waals surface area contributed by atoms with Gasteiger partial charge in [0.25, 0.3) is 0 Å². The van der Waals surface area contributed by atoms with E-state index in [2.05, 4.69) is 239 Å². The minimum atomic E-state index is -0.502. The van der Waals surface area contributed by atoms with Crippen LogP contribution in [0.5, 0.6) is 0 Å². The molecule has 0 bridgehead atoms. The number of para-hydroxylation sites is 6. The third kappa shape index (κ3) is 12.2. The zero-order valence-electron chi connectivity index (χ0n) is 59.4. The average molecular weight is 1440 g/mol. The lowest BCUT2D eigenvalue weighted by molar-refractivity contribution is 0.00578. The van der Waals surface area contributed by atoms with Crippen LogP contribution in [-0.2, 0) is 9.31 Å². The first-order chi connectivity index (χ1) is 52.9. The fourth-order valence-corrected chi connectivity index (χ4v) is 15.1. The van der Waals surface area contributed by atoms with Crippen molar-refractivity contribution in [2.24, 2.45) is 0 Å². The van der Waals surface area contributed by atoms with Crippen molar-refractivity contribution in [3.8, 4) is 90.0 Å². The van der Waals surface area contributed by atoms with Gasteiger partial charge in [0.15, 0.2) is 0 Å². The molecule has 1 aliphatic heterocycles. The molecular weight excluding hydrogens is 1370 g/mol. The molecule has 1 aliphatic rings. The predicted molar refractivity (Wildman–Crippen MR) is 443 cm³/mol. The van der Waals surface area contributed by atoms with Crippen LogP contribution >= 0.6 is 23.2 Å². The predicted octanol–water partition coefficient (Wildman–Crippen LogP) is 23.7. The van der Waals surface area contributed by atoms with Crippen LogP contribution in [0.3, 0.4) is 0 Å². The number of hydrogen-bond donors (Lipinski definition) is 0. The number of rotatable bonds is 10. The molecule has 0 spiro atoms. The third-order valence-electron chi connectivity index (χ3n) is 20.7. The van der Waals surface area contributed by atoms with Gasteiger partial charge in [0.2, 0.25) is 0 Å². The molecule has 0 amide bonds. The second kappa shape index (κ2) is 27.9. The number of hydrogen-bond acceptors (Lipinski definition) is 9. The van der Waals surface area contributed by atoms with E-state index < -0.39 is 18.5 Å². The van der Waals surface area contributed by atoms with E-state index in [0.717, 1.165) is 167 Å². The highest BCUT2D eigenvalue weighted by Gasteiger charge is 2.54. The molecule has 20 rings (SSSR count). The molecule has 0 aliphatic carbocycles. The lowest BCUT2D eigenvalue weighted by Gasteiger charge is -2.32. The second-order valence-electron chi connectivity index (χ2n) is 27.7. The Morgan fingerprint density at radius 1 is 0.278 bits per heavy atom. The summed E-state index contributed by atoms with van der Waals surface area (Å²) < 4.78 is 19.1. The fourth-order valence-electron chi connectivity index (χ4n) is 14.6. The smallest absolute Gasteiger partial charge is 0.384 e. The maximum absolute atomic E-state index is 6.33. The summed E-state index contributed by atoms with van der Waals surface area (Å²) in [7, 11) is -0.502. The SMILES string of the molecule is CC1(C)OB(n2c(-c3ccccc3)nc3ccccc32)OC1(C)C.Clc1ccc(-c2ccc(-c3ccc(Cl)c4cccnc34)cc2)c2ncccc12.c1ccc(-c2nc3ccccc3n2-c2ccc(-c3ccc(-c4ccc(-n5c(-c6ccccc6)nc6ccccc65)c5cccnc45)cc3)c3ncccc23)cc1. The number of nitrogens with zero attached hydrogens (tertiary/aromatic N) is 10. The first-order valence-corrected chi connectivity index (χ1v) is 36.7. The molecule has 0 N–H and O–H groups in total. The lowest BCUT2D eigenvalue weighted by Crippen LogP contribution is -2.41. The van der Waals surface area contributed by atoms with E-state index in [1.54, 1.807) is 12.4 Å². The number of benzene rings is 12. The molecular formula is C93H67BCl2N10O2. The molecule has 15 heteroatoms. The van der Waals surface area contributed by atoms with Crippen LogP contribution < -0.4 is 0 Å². The number of fused-ring (bicyclic) bond motifs is 7. The second-order valence-corrected chi connectivity index (χ2v) is 28.5. The van der Waals surface area contributed by atoms with Gasteiger partial charge in [-0.25, -0.2) is 15.0 Å². The van der Waals surface area contributed by atoms with Gasteiger partial charge in [-0.05, 0) is 159 Å². The van der Waals surface area contributed by atoms with Gasteiger partial charge >= 0.3 is 7.25 Å². The lowest BCUT2D eigenvalue weighted by atomic mass is 9.90. The molecule has 8 heterocycles. The van der Waals surface area contributed by atoms with Crippen molar-refractivity contribution in [2.75, 3.05) is 0 Å². The Balaban J connectivity index is 0.000000131. The van der Waals surface area contributed by atoms with E-state index in [0.29, 0.717) is 10.0 Å². The van der Waals surface area contributed by atoms with Crippen molar-refractivity contribution in [3.05, 3.63) is 344 Å². The summed E-state index contributed by atoms with van der Waals surface area (Å²) in [4.78, 5) is 34.0. The maximum Gasteiger partial charge on any atom is 0.600 e. The maximum atomic E-state index is 6.33. The summed E-state index contributed by atoms with van der Waals surface area (Å²) in [5.74, 6) is 2.66. The highest BCUT2D eigenvalue weighted by molar-refractivity contribution is 6.46. The van der Waals surface area contributed by atoms with Crippen LogP contribution in [0.4, 0.5) is 0 Å². The number of imidazole rings is 3. The van der Waals surface area contributed by atoms with E-state index in [1.165, 1.54) is 0 Å². The highest BCUT2D eigenvalue weighted by atomic mass is 35.5. The zero-order valence-corrected chi connectivity index (χ0v) is 60.9. The molecule has 12 aromatic carbocycles. The molecule has 0 unspecified atom stereocenters. The van der Waals surface area contributed by atoms with Crippen molar-refractivity contribution in [1.82, 2.24) is 48.5 Å². The molecule has 108 heavy (non-hydrogen) atoms. The molecule has 1 saturated heterocycles. The Bertz CT molecular complexity index is 6270. The summed E-state index contributed by atoms with van der Waals surface area (Å²) in [6.07, 6.45) is 7.34. The van der Waals surface area contributed by atoms with Crippen molar-refractivity contribution >= 4 is 107 Å². The first-order valence-electron chi connectivity index (χ1n) is 35.9. The normalized spacial score (nSPS) is 13.1. The Morgan fingerprint density at radius 3 is 0.954 bits per heavy atom. The molecule has 0 atom stereocenters. The Morgan fingerprint density at radius 2 is 0.574 bits per heavy atom. The van der Waals surface area contributed by atoms with Gasteiger partial charge in [-0.15, -0.1) is 0 Å². The van der Waals surface area contributed by atoms with Gasteiger partial charge in [-0.2, -0.15) is 0 Å². The highest BCUT2D eigenvalue weighted by Crippen LogP contribution is 2.43. The van der Waals surface area contributed by atoms with Crippen LogP contribution in [0.1, 0.15) is 27.7 Å². The third-order valence-corrected chi connectivity index (χ3v) is 21.3. The Labute approximate surface area is 634 Å². The van der Waals surface area contributed by atoms with Crippen LogP contribution in [0.2, 0.25) is 10.0 Å². The summed E-state index contributed by atoms with van der Waals surface area (Å²) in [5.41, 5.74) is 22.7. The molecule has 518 valence electrons. The van der Waals surface area contributed by atoms with Crippen LogP contribution in [0.15, 0.2) is 334 Å². The van der Waals surface area contributed by atoms with Crippen molar-refractivity contribution in [3.63, 3.8) is 0 Å². The van der Waals surface area contributed by atoms with Gasteiger partial charge in [-0.3, -0.25) is 29.1 Å². The number of halogens is 2. The zero-order chi connectivity index (χ0) is 73.0. The quantitative estimate of drug-likeness (QED) is 0.123. The Kier molecular flexibility index (Phi) is 17.4. The summed E-state index contributed by atoms with van der Waals surface area (Å²) in [6.45, 7) is 8.26. The molecule has 12 nitrogen and oxygen atoms in total. The van der Waals surface area contributed by atoms with Crippen molar-refractivity contribution in [2.45, 2.75) is 38.9 Å². The largest absolute Gasteiger partial charge is 0.600 e. The van der Waals surface area contributed by atoms with Gasteiger partial charge in [0.1, 0.15) is 17.5 Å². The monoisotopic (exact) mass is 1440 g/mol. The molecule has 7 aromatic heterocycles. The molecule has 0 saturated carbocycles. The van der Waals surface area contributed by atoms with E-state index in [9.17, 15) is 0 Å². The van der Waals surface area contributed by atoms with E-state index >= 15 is 0 Å². The number of aromatic nitrogens is 10.